The lowest BCUT2D eigenvalue weighted by atomic mass is 10.0. The van der Waals surface area contributed by atoms with Crippen LogP contribution in [0.25, 0.3) is 0 Å². The number of carbonyl (C=O) groups is 3. The zero-order chi connectivity index (χ0) is 17.5. The van der Waals surface area contributed by atoms with Gasteiger partial charge in [-0.2, -0.15) is 0 Å². The van der Waals surface area contributed by atoms with E-state index in [-0.39, 0.29) is 18.2 Å². The van der Waals surface area contributed by atoms with Gasteiger partial charge in [-0.15, -0.1) is 0 Å². The van der Waals surface area contributed by atoms with Gasteiger partial charge in [-0.3, -0.25) is 9.59 Å². The van der Waals surface area contributed by atoms with Crippen molar-refractivity contribution in [1.29, 1.82) is 0 Å². The van der Waals surface area contributed by atoms with E-state index in [0.717, 1.165) is 12.8 Å². The molecule has 1 saturated heterocycles. The Morgan fingerprint density at radius 3 is 2.58 bits per heavy atom. The van der Waals surface area contributed by atoms with Gasteiger partial charge >= 0.3 is 5.97 Å². The number of hydrogen-bond donors (Lipinski definition) is 2. The van der Waals surface area contributed by atoms with Gasteiger partial charge in [0.25, 0.3) is 5.91 Å². The molecule has 2 amide bonds. The number of halogens is 1. The zero-order valence-corrected chi connectivity index (χ0v) is 14.1. The third-order valence-corrected chi connectivity index (χ3v) is 4.32. The molecule has 0 unspecified atom stereocenters. The summed E-state index contributed by atoms with van der Waals surface area (Å²) in [4.78, 5) is 36.8. The Balaban J connectivity index is 1.75. The Bertz CT molecular complexity index is 603. The van der Waals surface area contributed by atoms with E-state index in [4.69, 9.17) is 11.6 Å². The molecule has 7 heteroatoms. The molecule has 2 N–H and O–H groups in total. The standard InChI is InChI=1S/C17H21ClN2O4/c18-13-8-6-12(7-9-13)16(22)19-10-3-5-15(21)20-11-2-1-4-14(20)17(23)24/h6-9,14H,1-5,10-11H2,(H,19,22)(H,23,24)/t14-/m1/s1. The van der Waals surface area contributed by atoms with Crippen LogP contribution in [0.15, 0.2) is 24.3 Å². The SMILES string of the molecule is O=C(NCCCC(=O)N1CCCC[C@@H]1C(=O)O)c1ccc(Cl)cc1. The second kappa shape index (κ2) is 8.68. The van der Waals surface area contributed by atoms with E-state index in [1.807, 2.05) is 0 Å². The van der Waals surface area contributed by atoms with Gasteiger partial charge in [-0.1, -0.05) is 11.6 Å². The monoisotopic (exact) mass is 352 g/mol. The van der Waals surface area contributed by atoms with Crippen LogP contribution < -0.4 is 5.32 Å². The predicted octanol–water partition coefficient (Wildman–Crippen LogP) is 2.32. The van der Waals surface area contributed by atoms with Crippen molar-refractivity contribution in [3.8, 4) is 0 Å². The van der Waals surface area contributed by atoms with Crippen molar-refractivity contribution in [3.05, 3.63) is 34.9 Å². The van der Waals surface area contributed by atoms with Crippen LogP contribution in [-0.2, 0) is 9.59 Å². The van der Waals surface area contributed by atoms with E-state index in [9.17, 15) is 19.5 Å². The summed E-state index contributed by atoms with van der Waals surface area (Å²) in [7, 11) is 0. The predicted molar refractivity (Wildman–Crippen MR) is 90.0 cm³/mol. The molecule has 0 radical (unpaired) electrons. The summed E-state index contributed by atoms with van der Waals surface area (Å²) in [6.07, 6.45) is 2.88. The minimum absolute atomic E-state index is 0.164. The summed E-state index contributed by atoms with van der Waals surface area (Å²) >= 11 is 5.77. The van der Waals surface area contributed by atoms with Gasteiger partial charge in [0.2, 0.25) is 5.91 Å². The highest BCUT2D eigenvalue weighted by atomic mass is 35.5. The van der Waals surface area contributed by atoms with Crippen LogP contribution in [0, 0.1) is 0 Å². The van der Waals surface area contributed by atoms with Crippen molar-refractivity contribution < 1.29 is 19.5 Å². The normalized spacial score (nSPS) is 17.4. The van der Waals surface area contributed by atoms with Gasteiger partial charge in [0.05, 0.1) is 0 Å². The van der Waals surface area contributed by atoms with Crippen LogP contribution >= 0.6 is 11.6 Å². The number of carboxylic acids is 1. The molecule has 0 saturated carbocycles. The highest BCUT2D eigenvalue weighted by Crippen LogP contribution is 2.18. The van der Waals surface area contributed by atoms with Crippen molar-refractivity contribution in [2.75, 3.05) is 13.1 Å². The number of carboxylic acid groups (broad SMARTS) is 1. The first kappa shape index (κ1) is 18.3. The maximum atomic E-state index is 12.2. The number of rotatable bonds is 6. The molecular formula is C17H21ClN2O4. The fourth-order valence-corrected chi connectivity index (χ4v) is 2.90. The van der Waals surface area contributed by atoms with Crippen molar-refractivity contribution in [1.82, 2.24) is 10.2 Å². The number of nitrogens with zero attached hydrogens (tertiary/aromatic N) is 1. The van der Waals surface area contributed by atoms with Crippen LogP contribution in [0.1, 0.15) is 42.5 Å². The molecule has 6 nitrogen and oxygen atoms in total. The highest BCUT2D eigenvalue weighted by Gasteiger charge is 2.31. The van der Waals surface area contributed by atoms with Crippen LogP contribution in [0.4, 0.5) is 0 Å². The molecule has 1 heterocycles. The minimum atomic E-state index is -0.945. The number of hydrogen-bond acceptors (Lipinski definition) is 3. The van der Waals surface area contributed by atoms with Crippen LogP contribution in [-0.4, -0.2) is 46.9 Å². The van der Waals surface area contributed by atoms with Gasteiger partial charge in [-0.25, -0.2) is 4.79 Å². The van der Waals surface area contributed by atoms with Crippen molar-refractivity contribution in [2.24, 2.45) is 0 Å². The Morgan fingerprint density at radius 2 is 1.92 bits per heavy atom. The molecule has 1 aliphatic heterocycles. The fraction of sp³-hybridized carbons (Fsp3) is 0.471. The Hall–Kier alpha value is -2.08. The van der Waals surface area contributed by atoms with Gasteiger partial charge in [0, 0.05) is 30.1 Å². The van der Waals surface area contributed by atoms with Gasteiger partial charge in [-0.05, 0) is 49.9 Å². The van der Waals surface area contributed by atoms with E-state index in [2.05, 4.69) is 5.32 Å². The smallest absolute Gasteiger partial charge is 0.326 e. The molecule has 1 aliphatic rings. The summed E-state index contributed by atoms with van der Waals surface area (Å²) in [5.74, 6) is -1.33. The maximum Gasteiger partial charge on any atom is 0.326 e. The van der Waals surface area contributed by atoms with Gasteiger partial charge < -0.3 is 15.3 Å². The Labute approximate surface area is 145 Å². The first-order valence-electron chi connectivity index (χ1n) is 8.05. The first-order valence-corrected chi connectivity index (χ1v) is 8.43. The average molecular weight is 353 g/mol. The van der Waals surface area contributed by atoms with Crippen molar-refractivity contribution in [3.63, 3.8) is 0 Å². The number of aliphatic carboxylic acids is 1. The van der Waals surface area contributed by atoms with Crippen LogP contribution in [0.2, 0.25) is 5.02 Å². The van der Waals surface area contributed by atoms with E-state index >= 15 is 0 Å². The maximum absolute atomic E-state index is 12.2. The second-order valence-electron chi connectivity index (χ2n) is 5.80. The first-order chi connectivity index (χ1) is 11.5. The fourth-order valence-electron chi connectivity index (χ4n) is 2.78. The minimum Gasteiger partial charge on any atom is -0.480 e. The van der Waals surface area contributed by atoms with Crippen LogP contribution in [0.5, 0.6) is 0 Å². The Kier molecular flexibility index (Phi) is 6.61. The summed E-state index contributed by atoms with van der Waals surface area (Å²) < 4.78 is 0. The van der Waals surface area contributed by atoms with Gasteiger partial charge in [0.1, 0.15) is 6.04 Å². The highest BCUT2D eigenvalue weighted by molar-refractivity contribution is 6.30. The molecule has 1 fully saturated rings. The molecule has 0 aromatic heterocycles. The largest absolute Gasteiger partial charge is 0.480 e. The number of piperidine rings is 1. The van der Waals surface area contributed by atoms with Gasteiger partial charge in [0.15, 0.2) is 0 Å². The van der Waals surface area contributed by atoms with E-state index < -0.39 is 12.0 Å². The molecule has 0 bridgehead atoms. The van der Waals surface area contributed by atoms with Crippen LogP contribution in [0.3, 0.4) is 0 Å². The zero-order valence-electron chi connectivity index (χ0n) is 13.3. The van der Waals surface area contributed by atoms with Crippen molar-refractivity contribution in [2.45, 2.75) is 38.1 Å². The third-order valence-electron chi connectivity index (χ3n) is 4.07. The van der Waals surface area contributed by atoms with E-state index in [1.165, 1.54) is 4.90 Å². The van der Waals surface area contributed by atoms with E-state index in [0.29, 0.717) is 36.5 Å². The lowest BCUT2D eigenvalue weighted by molar-refractivity contribution is -0.152. The summed E-state index contributed by atoms with van der Waals surface area (Å²) in [6, 6.07) is 5.84. The third kappa shape index (κ3) is 4.96. The number of amides is 2. The number of likely N-dealkylation sites (tertiary alicyclic amines) is 1. The lowest BCUT2D eigenvalue weighted by Gasteiger charge is -2.33. The molecule has 1 aromatic carbocycles. The van der Waals surface area contributed by atoms with Crippen molar-refractivity contribution >= 4 is 29.4 Å². The molecule has 1 aromatic rings. The summed E-state index contributed by atoms with van der Waals surface area (Å²) in [5, 5.41) is 12.5. The summed E-state index contributed by atoms with van der Waals surface area (Å²) in [6.45, 7) is 0.853. The molecule has 0 aliphatic carbocycles. The molecular weight excluding hydrogens is 332 g/mol. The lowest BCUT2D eigenvalue weighted by Crippen LogP contribution is -2.48. The molecule has 0 spiro atoms. The topological polar surface area (TPSA) is 86.7 Å². The molecule has 24 heavy (non-hydrogen) atoms. The number of nitrogens with one attached hydrogen (secondary N) is 1. The number of benzene rings is 1. The molecule has 1 atom stereocenters. The average Bonchev–Trinajstić information content (AvgIpc) is 2.58. The molecule has 2 rings (SSSR count). The van der Waals surface area contributed by atoms with E-state index in [1.54, 1.807) is 24.3 Å². The summed E-state index contributed by atoms with van der Waals surface area (Å²) in [5.41, 5.74) is 0.507. The Morgan fingerprint density at radius 1 is 1.21 bits per heavy atom. The number of carbonyl (C=O) groups excluding carboxylic acids is 2. The quantitative estimate of drug-likeness (QED) is 0.769. The molecule has 130 valence electrons. The second-order valence-corrected chi connectivity index (χ2v) is 6.24.